The molecule has 0 N–H and O–H groups in total. The molecule has 0 saturated carbocycles. The number of thioether (sulfide) groups is 1. The van der Waals surface area contributed by atoms with E-state index < -0.39 is 0 Å². The van der Waals surface area contributed by atoms with Gasteiger partial charge in [-0.25, -0.2) is 0 Å². The van der Waals surface area contributed by atoms with Gasteiger partial charge in [0.15, 0.2) is 11.5 Å². The average Bonchev–Trinajstić information content (AvgIpc) is 3.30. The highest BCUT2D eigenvalue weighted by Crippen LogP contribution is 2.46. The third-order valence-corrected chi connectivity index (χ3v) is 6.63. The summed E-state index contributed by atoms with van der Waals surface area (Å²) in [6.45, 7) is 0.699. The maximum atomic E-state index is 13.9. The smallest absolute Gasteiger partial charge is 0.235 e. The molecule has 1 aliphatic heterocycles. The molecule has 0 unspecified atom stereocenters. The van der Waals surface area contributed by atoms with Crippen LogP contribution in [-0.4, -0.2) is 37.3 Å². The normalized spacial score (nSPS) is 16.0. The fourth-order valence-electron chi connectivity index (χ4n) is 3.99. The lowest BCUT2D eigenvalue weighted by Gasteiger charge is -2.30. The minimum absolute atomic E-state index is 0.104. The lowest BCUT2D eigenvalue weighted by molar-refractivity contribution is -0.132. The second-order valence-electron chi connectivity index (χ2n) is 7.09. The molecule has 154 valence electrons. The first kappa shape index (κ1) is 20.4. The predicted molar refractivity (Wildman–Crippen MR) is 121 cm³/mol. The van der Waals surface area contributed by atoms with Crippen molar-refractivity contribution in [1.29, 1.82) is 0 Å². The molecule has 1 amide bonds. The lowest BCUT2D eigenvalue weighted by atomic mass is 9.90. The second kappa shape index (κ2) is 9.26. The number of ether oxygens (including phenoxy) is 2. The maximum Gasteiger partial charge on any atom is 0.235 e. The Morgan fingerprint density at radius 3 is 2.10 bits per heavy atom. The minimum Gasteiger partial charge on any atom is -0.493 e. The molecule has 5 heteroatoms. The van der Waals surface area contributed by atoms with Crippen molar-refractivity contribution in [2.24, 2.45) is 0 Å². The molecule has 4 nitrogen and oxygen atoms in total. The third kappa shape index (κ3) is 3.90. The molecule has 3 aromatic carbocycles. The molecule has 30 heavy (non-hydrogen) atoms. The Balaban J connectivity index is 1.74. The summed E-state index contributed by atoms with van der Waals surface area (Å²) >= 11 is 1.76. The van der Waals surface area contributed by atoms with E-state index in [1.54, 1.807) is 26.0 Å². The van der Waals surface area contributed by atoms with E-state index in [9.17, 15) is 4.79 Å². The lowest BCUT2D eigenvalue weighted by Crippen LogP contribution is -2.35. The minimum atomic E-state index is -0.342. The van der Waals surface area contributed by atoms with E-state index in [4.69, 9.17) is 9.47 Å². The van der Waals surface area contributed by atoms with Crippen LogP contribution in [0.25, 0.3) is 0 Å². The van der Waals surface area contributed by atoms with Crippen molar-refractivity contribution >= 4 is 17.7 Å². The molecular weight excluding hydrogens is 394 g/mol. The molecular formula is C25H25NO3S. The summed E-state index contributed by atoms with van der Waals surface area (Å²) in [6.07, 6.45) is 0. The fraction of sp³-hybridized carbons (Fsp3) is 0.240. The summed E-state index contributed by atoms with van der Waals surface area (Å²) in [6, 6.07) is 25.9. The summed E-state index contributed by atoms with van der Waals surface area (Å²) in [5.41, 5.74) is 2.97. The van der Waals surface area contributed by atoms with Crippen LogP contribution in [0, 0.1) is 0 Å². The molecule has 1 atom stereocenters. The molecule has 1 saturated heterocycles. The Morgan fingerprint density at radius 1 is 0.900 bits per heavy atom. The summed E-state index contributed by atoms with van der Waals surface area (Å²) in [7, 11) is 3.27. The van der Waals surface area contributed by atoms with Crippen LogP contribution in [0.2, 0.25) is 0 Å². The molecule has 1 aliphatic rings. The molecule has 0 bridgehead atoms. The molecule has 0 aliphatic carbocycles. The average molecular weight is 420 g/mol. The Kier molecular flexibility index (Phi) is 6.29. The second-order valence-corrected chi connectivity index (χ2v) is 8.28. The number of rotatable bonds is 6. The zero-order valence-corrected chi connectivity index (χ0v) is 18.0. The summed E-state index contributed by atoms with van der Waals surface area (Å²) in [5.74, 6) is 2.01. The molecule has 0 aromatic heterocycles. The van der Waals surface area contributed by atoms with Gasteiger partial charge < -0.3 is 14.4 Å². The Bertz CT molecular complexity index is 954. The first-order valence-corrected chi connectivity index (χ1v) is 11.0. The highest BCUT2D eigenvalue weighted by molar-refractivity contribution is 7.99. The van der Waals surface area contributed by atoms with Gasteiger partial charge in [-0.15, -0.1) is 11.8 Å². The van der Waals surface area contributed by atoms with Gasteiger partial charge in [-0.2, -0.15) is 0 Å². The number of carbonyl (C=O) groups is 1. The van der Waals surface area contributed by atoms with Crippen LogP contribution in [0.1, 0.15) is 28.0 Å². The van der Waals surface area contributed by atoms with Crippen LogP contribution < -0.4 is 9.47 Å². The van der Waals surface area contributed by atoms with Crippen LogP contribution in [-0.2, 0) is 4.79 Å². The number of benzene rings is 3. The van der Waals surface area contributed by atoms with E-state index in [1.807, 2.05) is 83.8 Å². The van der Waals surface area contributed by atoms with Crippen molar-refractivity contribution in [3.63, 3.8) is 0 Å². The van der Waals surface area contributed by atoms with Gasteiger partial charge >= 0.3 is 0 Å². The first-order chi connectivity index (χ1) is 14.7. The summed E-state index contributed by atoms with van der Waals surface area (Å²) in [4.78, 5) is 15.9. The maximum absolute atomic E-state index is 13.9. The van der Waals surface area contributed by atoms with E-state index in [0.29, 0.717) is 18.0 Å². The van der Waals surface area contributed by atoms with E-state index >= 15 is 0 Å². The molecule has 3 aromatic rings. The number of hydrogen-bond donors (Lipinski definition) is 0. The van der Waals surface area contributed by atoms with Crippen LogP contribution in [0.5, 0.6) is 11.5 Å². The van der Waals surface area contributed by atoms with Gasteiger partial charge in [0.05, 0.1) is 20.1 Å². The molecule has 4 rings (SSSR count). The predicted octanol–water partition coefficient (Wildman–Crippen LogP) is 5.11. The Hall–Kier alpha value is -2.92. The van der Waals surface area contributed by atoms with Crippen molar-refractivity contribution in [3.05, 3.63) is 95.6 Å². The quantitative estimate of drug-likeness (QED) is 0.557. The zero-order valence-electron chi connectivity index (χ0n) is 17.2. The topological polar surface area (TPSA) is 38.8 Å². The SMILES string of the molecule is COc1cccc([C@H]2SCCN2C(=O)C(c2ccccc2)c2ccccc2)c1OC. The van der Waals surface area contributed by atoms with Gasteiger partial charge in [0.25, 0.3) is 0 Å². The molecule has 0 radical (unpaired) electrons. The summed E-state index contributed by atoms with van der Waals surface area (Å²) in [5, 5.41) is -0.113. The molecule has 1 heterocycles. The van der Waals surface area contributed by atoms with Gasteiger partial charge in [0, 0.05) is 17.9 Å². The molecule has 1 fully saturated rings. The number of methoxy groups -OCH3 is 2. The van der Waals surface area contributed by atoms with Crippen LogP contribution >= 0.6 is 11.8 Å². The van der Waals surface area contributed by atoms with E-state index in [-0.39, 0.29) is 17.2 Å². The van der Waals surface area contributed by atoms with Crippen molar-refractivity contribution < 1.29 is 14.3 Å². The monoisotopic (exact) mass is 419 g/mol. The van der Waals surface area contributed by atoms with Gasteiger partial charge in [-0.1, -0.05) is 72.8 Å². The highest BCUT2D eigenvalue weighted by Gasteiger charge is 2.37. The van der Waals surface area contributed by atoms with Crippen molar-refractivity contribution in [2.45, 2.75) is 11.3 Å². The molecule has 0 spiro atoms. The fourth-order valence-corrected chi connectivity index (χ4v) is 5.27. The number of amides is 1. The number of carbonyl (C=O) groups excluding carboxylic acids is 1. The van der Waals surface area contributed by atoms with Crippen molar-refractivity contribution in [2.75, 3.05) is 26.5 Å². The van der Waals surface area contributed by atoms with Gasteiger partial charge in [-0.3, -0.25) is 4.79 Å². The van der Waals surface area contributed by atoms with E-state index in [2.05, 4.69) is 0 Å². The zero-order chi connectivity index (χ0) is 20.9. The Labute approximate surface area is 181 Å². The standard InChI is InChI=1S/C25H25NO3S/c1-28-21-15-9-14-20(23(21)29-2)25-26(16-17-30-25)24(27)22(18-10-5-3-6-11-18)19-12-7-4-8-13-19/h3-15,22,25H,16-17H2,1-2H3/t25-/m1/s1. The summed E-state index contributed by atoms with van der Waals surface area (Å²) < 4.78 is 11.1. The number of nitrogens with zero attached hydrogens (tertiary/aromatic N) is 1. The third-order valence-electron chi connectivity index (χ3n) is 5.39. The Morgan fingerprint density at radius 2 is 1.53 bits per heavy atom. The van der Waals surface area contributed by atoms with Gasteiger partial charge in [0.1, 0.15) is 5.37 Å². The largest absolute Gasteiger partial charge is 0.493 e. The van der Waals surface area contributed by atoms with Crippen molar-refractivity contribution in [3.8, 4) is 11.5 Å². The number of para-hydroxylation sites is 1. The number of hydrogen-bond acceptors (Lipinski definition) is 4. The first-order valence-electron chi connectivity index (χ1n) is 9.97. The van der Waals surface area contributed by atoms with E-state index in [0.717, 1.165) is 22.4 Å². The van der Waals surface area contributed by atoms with E-state index in [1.165, 1.54) is 0 Å². The van der Waals surface area contributed by atoms with Gasteiger partial charge in [0.2, 0.25) is 5.91 Å². The van der Waals surface area contributed by atoms with Crippen LogP contribution in [0.3, 0.4) is 0 Å². The van der Waals surface area contributed by atoms with Crippen molar-refractivity contribution in [1.82, 2.24) is 4.90 Å². The van der Waals surface area contributed by atoms with Crippen LogP contribution in [0.15, 0.2) is 78.9 Å². The highest BCUT2D eigenvalue weighted by atomic mass is 32.2. The van der Waals surface area contributed by atoms with Crippen LogP contribution in [0.4, 0.5) is 0 Å². The van der Waals surface area contributed by atoms with Gasteiger partial charge in [-0.05, 0) is 17.2 Å².